The lowest BCUT2D eigenvalue weighted by atomic mass is 9.98. The van der Waals surface area contributed by atoms with E-state index in [-0.39, 0.29) is 18.4 Å². The van der Waals surface area contributed by atoms with Gasteiger partial charge in [-0.3, -0.25) is 4.79 Å². The second-order valence-electron chi connectivity index (χ2n) is 4.60. The van der Waals surface area contributed by atoms with Crippen molar-refractivity contribution < 1.29 is 4.79 Å². The Bertz CT molecular complexity index is 599. The molecule has 0 saturated carbocycles. The van der Waals surface area contributed by atoms with Gasteiger partial charge in [-0.05, 0) is 30.2 Å². The summed E-state index contributed by atoms with van der Waals surface area (Å²) in [6.45, 7) is 2.13. The summed E-state index contributed by atoms with van der Waals surface area (Å²) in [5.74, 6) is -0.487. The standard InChI is InChI=1S/C16H17ClN2O/c1-11-14(17)8-5-9-15(11)19-16(20)13(10-18)12-6-3-2-4-7-12/h2-9,13H,10,18H2,1H3,(H,19,20). The maximum Gasteiger partial charge on any atom is 0.233 e. The second-order valence-corrected chi connectivity index (χ2v) is 5.01. The summed E-state index contributed by atoms with van der Waals surface area (Å²) >= 11 is 6.05. The Morgan fingerprint density at radius 1 is 1.20 bits per heavy atom. The highest BCUT2D eigenvalue weighted by Crippen LogP contribution is 2.24. The fourth-order valence-corrected chi connectivity index (χ4v) is 2.22. The van der Waals surface area contributed by atoms with Crippen LogP contribution in [0.25, 0.3) is 0 Å². The number of amides is 1. The monoisotopic (exact) mass is 288 g/mol. The highest BCUT2D eigenvalue weighted by atomic mass is 35.5. The summed E-state index contributed by atoms with van der Waals surface area (Å²) in [7, 11) is 0. The summed E-state index contributed by atoms with van der Waals surface area (Å²) in [5.41, 5.74) is 8.22. The molecule has 0 fully saturated rings. The number of anilines is 1. The van der Waals surface area contributed by atoms with Gasteiger partial charge in [-0.15, -0.1) is 0 Å². The number of hydrogen-bond acceptors (Lipinski definition) is 2. The largest absolute Gasteiger partial charge is 0.329 e. The minimum absolute atomic E-state index is 0.121. The van der Waals surface area contributed by atoms with E-state index >= 15 is 0 Å². The van der Waals surface area contributed by atoms with Crippen LogP contribution in [0.2, 0.25) is 5.02 Å². The number of nitrogens with one attached hydrogen (secondary N) is 1. The SMILES string of the molecule is Cc1c(Cl)cccc1NC(=O)C(CN)c1ccccc1. The molecule has 2 aromatic rings. The maximum atomic E-state index is 12.4. The number of benzene rings is 2. The molecule has 20 heavy (non-hydrogen) atoms. The summed E-state index contributed by atoms with van der Waals surface area (Å²) in [5, 5.41) is 3.53. The van der Waals surface area contributed by atoms with E-state index in [4.69, 9.17) is 17.3 Å². The van der Waals surface area contributed by atoms with Gasteiger partial charge in [0, 0.05) is 17.3 Å². The smallest absolute Gasteiger partial charge is 0.233 e. The van der Waals surface area contributed by atoms with Crippen LogP contribution in [-0.4, -0.2) is 12.5 Å². The Hall–Kier alpha value is -1.84. The number of nitrogens with two attached hydrogens (primary N) is 1. The topological polar surface area (TPSA) is 55.1 Å². The summed E-state index contributed by atoms with van der Waals surface area (Å²) < 4.78 is 0. The van der Waals surface area contributed by atoms with Crippen molar-refractivity contribution in [2.45, 2.75) is 12.8 Å². The van der Waals surface area contributed by atoms with E-state index in [1.165, 1.54) is 0 Å². The van der Waals surface area contributed by atoms with Gasteiger partial charge in [0.25, 0.3) is 0 Å². The van der Waals surface area contributed by atoms with Gasteiger partial charge in [-0.1, -0.05) is 48.0 Å². The molecule has 0 saturated heterocycles. The maximum absolute atomic E-state index is 12.4. The molecule has 3 N–H and O–H groups in total. The molecule has 0 heterocycles. The van der Waals surface area contributed by atoms with Crippen LogP contribution in [0, 0.1) is 6.92 Å². The molecule has 0 spiro atoms. The van der Waals surface area contributed by atoms with Crippen molar-refractivity contribution in [2.75, 3.05) is 11.9 Å². The Morgan fingerprint density at radius 3 is 2.55 bits per heavy atom. The molecule has 1 atom stereocenters. The molecule has 3 nitrogen and oxygen atoms in total. The van der Waals surface area contributed by atoms with Crippen LogP contribution in [-0.2, 0) is 4.79 Å². The third kappa shape index (κ3) is 3.18. The predicted octanol–water partition coefficient (Wildman–Crippen LogP) is 3.33. The van der Waals surface area contributed by atoms with E-state index in [9.17, 15) is 4.79 Å². The molecule has 0 bridgehead atoms. The summed E-state index contributed by atoms with van der Waals surface area (Å²) in [4.78, 5) is 12.4. The molecule has 0 aliphatic carbocycles. The van der Waals surface area contributed by atoms with Gasteiger partial charge in [0.1, 0.15) is 0 Å². The van der Waals surface area contributed by atoms with Gasteiger partial charge in [-0.25, -0.2) is 0 Å². The van der Waals surface area contributed by atoms with Crippen molar-refractivity contribution in [1.29, 1.82) is 0 Å². The van der Waals surface area contributed by atoms with Crippen LogP contribution in [0.3, 0.4) is 0 Å². The molecule has 2 aromatic carbocycles. The van der Waals surface area contributed by atoms with Crippen molar-refractivity contribution in [1.82, 2.24) is 0 Å². The minimum atomic E-state index is -0.366. The number of halogens is 1. The van der Waals surface area contributed by atoms with E-state index in [1.54, 1.807) is 6.07 Å². The molecule has 0 aromatic heterocycles. The molecule has 104 valence electrons. The van der Waals surface area contributed by atoms with Crippen LogP contribution in [0.1, 0.15) is 17.0 Å². The molecule has 0 aliphatic heterocycles. The van der Waals surface area contributed by atoms with Gasteiger partial charge in [0.05, 0.1) is 5.92 Å². The summed E-state index contributed by atoms with van der Waals surface area (Å²) in [6, 6.07) is 15.0. The zero-order valence-electron chi connectivity index (χ0n) is 11.3. The number of carbonyl (C=O) groups excluding carboxylic acids is 1. The van der Waals surface area contributed by atoms with Gasteiger partial charge in [-0.2, -0.15) is 0 Å². The molecule has 0 aliphatic rings. The number of hydrogen-bond donors (Lipinski definition) is 2. The Morgan fingerprint density at radius 2 is 1.90 bits per heavy atom. The normalized spacial score (nSPS) is 11.9. The van der Waals surface area contributed by atoms with Gasteiger partial charge in [0.2, 0.25) is 5.91 Å². The number of rotatable bonds is 4. The average molecular weight is 289 g/mol. The first-order valence-corrected chi connectivity index (χ1v) is 6.82. The van der Waals surface area contributed by atoms with Crippen LogP contribution in [0.5, 0.6) is 0 Å². The average Bonchev–Trinajstić information content (AvgIpc) is 2.46. The van der Waals surface area contributed by atoms with Crippen LogP contribution >= 0.6 is 11.6 Å². The fraction of sp³-hybridized carbons (Fsp3) is 0.188. The molecule has 4 heteroatoms. The molecule has 1 unspecified atom stereocenters. The molecule has 2 rings (SSSR count). The summed E-state index contributed by atoms with van der Waals surface area (Å²) in [6.07, 6.45) is 0. The van der Waals surface area contributed by atoms with Gasteiger partial charge >= 0.3 is 0 Å². The van der Waals surface area contributed by atoms with E-state index in [2.05, 4.69) is 5.32 Å². The van der Waals surface area contributed by atoms with Crippen LogP contribution < -0.4 is 11.1 Å². The zero-order chi connectivity index (χ0) is 14.5. The van der Waals surface area contributed by atoms with Crippen molar-refractivity contribution in [3.63, 3.8) is 0 Å². The lowest BCUT2D eigenvalue weighted by Gasteiger charge is -2.16. The Labute approximate surface area is 123 Å². The van der Waals surface area contributed by atoms with E-state index in [0.29, 0.717) is 5.02 Å². The third-order valence-corrected chi connectivity index (χ3v) is 3.69. The molecule has 0 radical (unpaired) electrons. The lowest BCUT2D eigenvalue weighted by molar-refractivity contribution is -0.117. The first-order chi connectivity index (χ1) is 9.63. The minimum Gasteiger partial charge on any atom is -0.329 e. The van der Waals surface area contributed by atoms with E-state index in [1.807, 2.05) is 49.4 Å². The third-order valence-electron chi connectivity index (χ3n) is 3.28. The van der Waals surface area contributed by atoms with E-state index < -0.39 is 0 Å². The molecule has 1 amide bonds. The quantitative estimate of drug-likeness (QED) is 0.907. The molecular formula is C16H17ClN2O. The van der Waals surface area contributed by atoms with Gasteiger partial charge in [0.15, 0.2) is 0 Å². The predicted molar refractivity (Wildman–Crippen MR) is 83.1 cm³/mol. The highest BCUT2D eigenvalue weighted by Gasteiger charge is 2.19. The second kappa shape index (κ2) is 6.55. The van der Waals surface area contributed by atoms with Gasteiger partial charge < -0.3 is 11.1 Å². The number of carbonyl (C=O) groups is 1. The first kappa shape index (κ1) is 14.6. The highest BCUT2D eigenvalue weighted by molar-refractivity contribution is 6.31. The lowest BCUT2D eigenvalue weighted by Crippen LogP contribution is -2.27. The Kier molecular flexibility index (Phi) is 4.77. The van der Waals surface area contributed by atoms with Crippen molar-refractivity contribution in [3.8, 4) is 0 Å². The Balaban J connectivity index is 2.20. The fourth-order valence-electron chi connectivity index (χ4n) is 2.04. The van der Waals surface area contributed by atoms with Crippen LogP contribution in [0.15, 0.2) is 48.5 Å². The van der Waals surface area contributed by atoms with Crippen molar-refractivity contribution in [2.24, 2.45) is 5.73 Å². The molecular weight excluding hydrogens is 272 g/mol. The van der Waals surface area contributed by atoms with Crippen LogP contribution in [0.4, 0.5) is 5.69 Å². The van der Waals surface area contributed by atoms with E-state index in [0.717, 1.165) is 16.8 Å². The zero-order valence-corrected chi connectivity index (χ0v) is 12.0. The van der Waals surface area contributed by atoms with Crippen molar-refractivity contribution in [3.05, 3.63) is 64.7 Å². The van der Waals surface area contributed by atoms with Crippen molar-refractivity contribution >= 4 is 23.2 Å². The first-order valence-electron chi connectivity index (χ1n) is 6.44.